The number of nitrogen functional groups attached to an aromatic ring is 1. The summed E-state index contributed by atoms with van der Waals surface area (Å²) in [4.78, 5) is 8.59. The smallest absolute Gasteiger partial charge is 0.151 e. The Labute approximate surface area is 109 Å². The average molecular weight is 256 g/mol. The summed E-state index contributed by atoms with van der Waals surface area (Å²) in [6.07, 6.45) is 1.58. The van der Waals surface area contributed by atoms with Crippen molar-refractivity contribution < 1.29 is 0 Å². The Kier molecular flexibility index (Phi) is 2.60. The Hall–Kier alpha value is -2.14. The number of benzene rings is 1. The van der Waals surface area contributed by atoms with Gasteiger partial charge in [-0.25, -0.2) is 9.97 Å². The highest BCUT2D eigenvalue weighted by Crippen LogP contribution is 2.30. The molecule has 1 aromatic carbocycles. The summed E-state index contributed by atoms with van der Waals surface area (Å²) in [5.41, 5.74) is 9.60. The third-order valence-electron chi connectivity index (χ3n) is 2.68. The summed E-state index contributed by atoms with van der Waals surface area (Å²) < 4.78 is 1.07. The van der Waals surface area contributed by atoms with Crippen molar-refractivity contribution in [2.45, 2.75) is 6.92 Å². The summed E-state index contributed by atoms with van der Waals surface area (Å²) in [6.45, 7) is 2.05. The number of fused-ring (bicyclic) bond motifs is 1. The van der Waals surface area contributed by atoms with Gasteiger partial charge in [-0.2, -0.15) is 0 Å². The van der Waals surface area contributed by atoms with Crippen LogP contribution in [0.3, 0.4) is 0 Å². The molecular weight excluding hydrogens is 244 g/mol. The molecule has 4 nitrogen and oxygen atoms in total. The van der Waals surface area contributed by atoms with Crippen molar-refractivity contribution in [3.63, 3.8) is 0 Å². The van der Waals surface area contributed by atoms with Gasteiger partial charge in [-0.15, -0.1) is 11.3 Å². The molecule has 2 aromatic heterocycles. The van der Waals surface area contributed by atoms with Gasteiger partial charge < -0.3 is 11.1 Å². The molecule has 0 aliphatic carbocycles. The van der Waals surface area contributed by atoms with Gasteiger partial charge in [-0.3, -0.25) is 0 Å². The Morgan fingerprint density at radius 3 is 3.00 bits per heavy atom. The van der Waals surface area contributed by atoms with Crippen molar-refractivity contribution in [2.75, 3.05) is 11.1 Å². The highest BCUT2D eigenvalue weighted by atomic mass is 32.1. The second-order valence-electron chi connectivity index (χ2n) is 4.07. The van der Waals surface area contributed by atoms with Gasteiger partial charge >= 0.3 is 0 Å². The molecule has 0 bridgehead atoms. The van der Waals surface area contributed by atoms with Crippen molar-refractivity contribution in [3.05, 3.63) is 41.5 Å². The van der Waals surface area contributed by atoms with Crippen molar-refractivity contribution in [3.8, 4) is 0 Å². The zero-order valence-corrected chi connectivity index (χ0v) is 10.7. The zero-order valence-electron chi connectivity index (χ0n) is 9.84. The van der Waals surface area contributed by atoms with Gasteiger partial charge in [-0.05, 0) is 36.1 Å². The lowest BCUT2D eigenvalue weighted by Crippen LogP contribution is -1.95. The predicted molar refractivity (Wildman–Crippen MR) is 76.3 cm³/mol. The summed E-state index contributed by atoms with van der Waals surface area (Å²) >= 11 is 1.65. The molecular formula is C13H12N4S. The fourth-order valence-corrected chi connectivity index (χ4v) is 2.76. The van der Waals surface area contributed by atoms with Crippen LogP contribution in [-0.4, -0.2) is 9.97 Å². The summed E-state index contributed by atoms with van der Waals surface area (Å²) in [5, 5.41) is 5.37. The number of anilines is 3. The van der Waals surface area contributed by atoms with E-state index >= 15 is 0 Å². The molecule has 3 aromatic rings. The van der Waals surface area contributed by atoms with E-state index < -0.39 is 0 Å². The van der Waals surface area contributed by atoms with Crippen LogP contribution >= 0.6 is 11.3 Å². The van der Waals surface area contributed by atoms with Gasteiger partial charge in [0.25, 0.3) is 0 Å². The molecule has 18 heavy (non-hydrogen) atoms. The SMILES string of the molecule is Cc1csc2c(Nc3cccc(N)c3)ncnc12. The molecule has 0 saturated heterocycles. The van der Waals surface area contributed by atoms with Gasteiger partial charge in [-0.1, -0.05) is 6.07 Å². The highest BCUT2D eigenvalue weighted by molar-refractivity contribution is 7.18. The van der Waals surface area contributed by atoms with Gasteiger partial charge in [0.05, 0.1) is 10.2 Å². The highest BCUT2D eigenvalue weighted by Gasteiger charge is 2.08. The van der Waals surface area contributed by atoms with E-state index in [0.29, 0.717) is 0 Å². The van der Waals surface area contributed by atoms with Crippen molar-refractivity contribution in [1.29, 1.82) is 0 Å². The molecule has 0 amide bonds. The lowest BCUT2D eigenvalue weighted by Gasteiger charge is -2.06. The summed E-state index contributed by atoms with van der Waals surface area (Å²) in [6, 6.07) is 7.62. The van der Waals surface area contributed by atoms with Crippen LogP contribution in [0.1, 0.15) is 5.56 Å². The van der Waals surface area contributed by atoms with Gasteiger partial charge in [0.2, 0.25) is 0 Å². The average Bonchev–Trinajstić information content (AvgIpc) is 2.73. The molecule has 3 N–H and O–H groups in total. The van der Waals surface area contributed by atoms with Crippen molar-refractivity contribution >= 4 is 38.7 Å². The van der Waals surface area contributed by atoms with Crippen LogP contribution in [0.4, 0.5) is 17.2 Å². The van der Waals surface area contributed by atoms with E-state index in [2.05, 4.69) is 27.6 Å². The van der Waals surface area contributed by atoms with E-state index in [4.69, 9.17) is 5.73 Å². The number of nitrogens with two attached hydrogens (primary N) is 1. The van der Waals surface area contributed by atoms with Gasteiger partial charge in [0.1, 0.15) is 6.33 Å². The molecule has 0 aliphatic rings. The Morgan fingerprint density at radius 2 is 2.17 bits per heavy atom. The number of aryl methyl sites for hydroxylation is 1. The second kappa shape index (κ2) is 4.27. The zero-order chi connectivity index (χ0) is 12.5. The van der Waals surface area contributed by atoms with Crippen molar-refractivity contribution in [1.82, 2.24) is 9.97 Å². The topological polar surface area (TPSA) is 63.8 Å². The fraction of sp³-hybridized carbons (Fsp3) is 0.0769. The number of thiophene rings is 1. The number of nitrogens with one attached hydrogen (secondary N) is 1. The molecule has 0 radical (unpaired) electrons. The Bertz CT molecular complexity index is 705. The number of rotatable bonds is 2. The largest absolute Gasteiger partial charge is 0.399 e. The van der Waals surface area contributed by atoms with E-state index in [9.17, 15) is 0 Å². The molecule has 90 valence electrons. The third kappa shape index (κ3) is 1.89. The minimum Gasteiger partial charge on any atom is -0.399 e. The first-order chi connectivity index (χ1) is 8.74. The summed E-state index contributed by atoms with van der Waals surface area (Å²) in [7, 11) is 0. The fourth-order valence-electron chi connectivity index (χ4n) is 1.81. The Balaban J connectivity index is 2.05. The first-order valence-electron chi connectivity index (χ1n) is 5.55. The van der Waals surface area contributed by atoms with Gasteiger partial charge in [0, 0.05) is 11.4 Å². The molecule has 0 spiro atoms. The van der Waals surface area contributed by atoms with E-state index in [1.165, 1.54) is 5.56 Å². The van der Waals surface area contributed by atoms with Crippen LogP contribution in [0, 0.1) is 6.92 Å². The first-order valence-corrected chi connectivity index (χ1v) is 6.43. The Morgan fingerprint density at radius 1 is 1.28 bits per heavy atom. The minimum atomic E-state index is 0.729. The molecule has 2 heterocycles. The first kappa shape index (κ1) is 11.0. The van der Waals surface area contributed by atoms with E-state index in [1.54, 1.807) is 17.7 Å². The molecule has 3 rings (SSSR count). The third-order valence-corrected chi connectivity index (χ3v) is 3.77. The maximum absolute atomic E-state index is 5.76. The lowest BCUT2D eigenvalue weighted by molar-refractivity contribution is 1.22. The van der Waals surface area contributed by atoms with Crippen molar-refractivity contribution in [2.24, 2.45) is 0 Å². The van der Waals surface area contributed by atoms with Crippen LogP contribution < -0.4 is 11.1 Å². The molecule has 5 heteroatoms. The molecule has 0 aliphatic heterocycles. The van der Waals surface area contributed by atoms with Crippen LogP contribution in [-0.2, 0) is 0 Å². The number of hydrogen-bond acceptors (Lipinski definition) is 5. The minimum absolute atomic E-state index is 0.729. The van der Waals surface area contributed by atoms with E-state index in [0.717, 1.165) is 27.4 Å². The monoisotopic (exact) mass is 256 g/mol. The van der Waals surface area contributed by atoms with Crippen LogP contribution in [0.15, 0.2) is 36.0 Å². The number of aromatic nitrogens is 2. The predicted octanol–water partition coefficient (Wildman–Crippen LogP) is 3.33. The van der Waals surface area contributed by atoms with E-state index in [1.807, 2.05) is 24.3 Å². The molecule has 0 saturated carbocycles. The van der Waals surface area contributed by atoms with Crippen LogP contribution in [0.25, 0.3) is 10.2 Å². The molecule has 0 unspecified atom stereocenters. The van der Waals surface area contributed by atoms with E-state index in [-0.39, 0.29) is 0 Å². The summed E-state index contributed by atoms with van der Waals surface area (Å²) in [5.74, 6) is 0.823. The van der Waals surface area contributed by atoms with Gasteiger partial charge in [0.15, 0.2) is 5.82 Å². The second-order valence-corrected chi connectivity index (χ2v) is 4.95. The lowest BCUT2D eigenvalue weighted by atomic mass is 10.2. The normalized spacial score (nSPS) is 10.7. The quantitative estimate of drug-likeness (QED) is 0.690. The standard InChI is InChI=1S/C13H12N4S/c1-8-6-18-12-11(8)15-7-16-13(12)17-10-4-2-3-9(14)5-10/h2-7H,14H2,1H3,(H,15,16,17). The molecule has 0 atom stereocenters. The van der Waals surface area contributed by atoms with Crippen LogP contribution in [0.2, 0.25) is 0 Å². The maximum Gasteiger partial charge on any atom is 0.151 e. The molecule has 0 fully saturated rings. The van der Waals surface area contributed by atoms with Crippen LogP contribution in [0.5, 0.6) is 0 Å². The number of hydrogen-bond donors (Lipinski definition) is 2. The maximum atomic E-state index is 5.76. The number of nitrogens with zero attached hydrogens (tertiary/aromatic N) is 2.